The minimum absolute atomic E-state index is 0.168. The standard InChI is InChI=1S/C35H27N3O4S/c1-23-20-27(24(2)38(23)28-12-16-30(17-13-28)42-29-14-10-25(22-36)11-15-29)21-33-34(39)37(35(40)43-33)18-19-41-32-9-5-7-26-6-3-4-8-31(26)32/h3-17,20-21H,18-19H2,1-2H3/b33-21-. The Morgan fingerprint density at radius 3 is 2.33 bits per heavy atom. The van der Waals surface area contributed by atoms with E-state index in [1.54, 1.807) is 30.3 Å². The maximum Gasteiger partial charge on any atom is 0.293 e. The van der Waals surface area contributed by atoms with E-state index in [0.29, 0.717) is 22.0 Å². The van der Waals surface area contributed by atoms with Gasteiger partial charge in [0, 0.05) is 22.5 Å². The van der Waals surface area contributed by atoms with Gasteiger partial charge in [-0.3, -0.25) is 14.5 Å². The number of fused-ring (bicyclic) bond motifs is 1. The molecule has 0 unspecified atom stereocenters. The Morgan fingerprint density at radius 2 is 1.58 bits per heavy atom. The van der Waals surface area contributed by atoms with Crippen molar-refractivity contribution in [3.63, 3.8) is 0 Å². The van der Waals surface area contributed by atoms with Crippen LogP contribution in [0.2, 0.25) is 0 Å². The second kappa shape index (κ2) is 11.9. The predicted molar refractivity (Wildman–Crippen MR) is 169 cm³/mol. The highest BCUT2D eigenvalue weighted by molar-refractivity contribution is 8.18. The molecule has 4 aromatic carbocycles. The number of hydrogen-bond donors (Lipinski definition) is 0. The number of carbonyl (C=O) groups excluding carboxylic acids is 2. The van der Waals surface area contributed by atoms with Crippen LogP contribution in [0.1, 0.15) is 22.5 Å². The number of nitrogens with zero attached hydrogens (tertiary/aromatic N) is 3. The zero-order chi connectivity index (χ0) is 29.9. The van der Waals surface area contributed by atoms with Gasteiger partial charge in [-0.1, -0.05) is 36.4 Å². The molecule has 1 saturated heterocycles. The number of rotatable bonds is 8. The van der Waals surface area contributed by atoms with E-state index in [1.807, 2.05) is 86.6 Å². The van der Waals surface area contributed by atoms with Crippen molar-refractivity contribution in [2.75, 3.05) is 13.2 Å². The lowest BCUT2D eigenvalue weighted by Crippen LogP contribution is -2.32. The van der Waals surface area contributed by atoms with E-state index in [1.165, 1.54) is 4.90 Å². The Morgan fingerprint density at radius 1 is 0.884 bits per heavy atom. The van der Waals surface area contributed by atoms with Gasteiger partial charge < -0.3 is 14.0 Å². The molecule has 1 aliphatic rings. The summed E-state index contributed by atoms with van der Waals surface area (Å²) in [5.41, 5.74) is 4.33. The fourth-order valence-corrected chi connectivity index (χ4v) is 5.99. The van der Waals surface area contributed by atoms with Crippen LogP contribution in [-0.4, -0.2) is 33.8 Å². The van der Waals surface area contributed by atoms with Crippen LogP contribution in [0.4, 0.5) is 4.79 Å². The van der Waals surface area contributed by atoms with Gasteiger partial charge >= 0.3 is 0 Å². The Labute approximate surface area is 253 Å². The van der Waals surface area contributed by atoms with Crippen molar-refractivity contribution in [3.8, 4) is 29.0 Å². The van der Waals surface area contributed by atoms with Gasteiger partial charge in [-0.25, -0.2) is 0 Å². The van der Waals surface area contributed by atoms with Crippen molar-refractivity contribution in [2.24, 2.45) is 0 Å². The molecule has 212 valence electrons. The number of hydrogen-bond acceptors (Lipinski definition) is 6. The van der Waals surface area contributed by atoms with Gasteiger partial charge in [-0.2, -0.15) is 5.26 Å². The van der Waals surface area contributed by atoms with E-state index in [9.17, 15) is 9.59 Å². The molecule has 1 aromatic heterocycles. The number of amides is 2. The van der Waals surface area contributed by atoms with Crippen molar-refractivity contribution in [3.05, 3.63) is 124 Å². The van der Waals surface area contributed by atoms with E-state index in [0.717, 1.165) is 50.9 Å². The summed E-state index contributed by atoms with van der Waals surface area (Å²) < 4.78 is 14.0. The molecule has 0 radical (unpaired) electrons. The molecule has 0 aliphatic carbocycles. The fourth-order valence-electron chi connectivity index (χ4n) is 5.13. The highest BCUT2D eigenvalue weighted by Gasteiger charge is 2.35. The number of ether oxygens (including phenoxy) is 2. The number of nitriles is 1. The van der Waals surface area contributed by atoms with Crippen molar-refractivity contribution in [1.82, 2.24) is 9.47 Å². The molecule has 1 aliphatic heterocycles. The lowest BCUT2D eigenvalue weighted by molar-refractivity contribution is -0.123. The van der Waals surface area contributed by atoms with Gasteiger partial charge in [0.1, 0.15) is 23.9 Å². The van der Waals surface area contributed by atoms with Crippen LogP contribution < -0.4 is 9.47 Å². The van der Waals surface area contributed by atoms with Crippen molar-refractivity contribution < 1.29 is 19.1 Å². The largest absolute Gasteiger partial charge is 0.491 e. The first-order valence-electron chi connectivity index (χ1n) is 13.7. The molecule has 2 amide bonds. The average molecular weight is 586 g/mol. The van der Waals surface area contributed by atoms with Gasteiger partial charge in [-0.05, 0) is 103 Å². The summed E-state index contributed by atoms with van der Waals surface area (Å²) in [4.78, 5) is 27.6. The highest BCUT2D eigenvalue weighted by Crippen LogP contribution is 2.34. The maximum absolute atomic E-state index is 13.2. The molecule has 6 rings (SSSR count). The summed E-state index contributed by atoms with van der Waals surface area (Å²) in [6.07, 6.45) is 1.79. The van der Waals surface area contributed by atoms with Crippen LogP contribution in [-0.2, 0) is 4.79 Å². The molecular weight excluding hydrogens is 558 g/mol. The highest BCUT2D eigenvalue weighted by atomic mass is 32.2. The SMILES string of the molecule is Cc1cc(/C=C2\SC(=O)N(CCOc3cccc4ccccc34)C2=O)c(C)n1-c1ccc(Oc2ccc(C#N)cc2)cc1. The van der Waals surface area contributed by atoms with Crippen LogP contribution in [0.25, 0.3) is 22.5 Å². The number of benzene rings is 4. The van der Waals surface area contributed by atoms with E-state index in [2.05, 4.69) is 10.6 Å². The first-order chi connectivity index (χ1) is 20.9. The summed E-state index contributed by atoms with van der Waals surface area (Å²) in [6, 6.07) is 32.5. The third kappa shape index (κ3) is 5.76. The summed E-state index contributed by atoms with van der Waals surface area (Å²) in [5, 5.41) is 10.7. The number of thioether (sulfide) groups is 1. The predicted octanol–water partition coefficient (Wildman–Crippen LogP) is 8.03. The zero-order valence-corrected chi connectivity index (χ0v) is 24.4. The number of aromatic nitrogens is 1. The summed E-state index contributed by atoms with van der Waals surface area (Å²) in [5.74, 6) is 1.73. The first kappa shape index (κ1) is 27.9. The third-order valence-electron chi connectivity index (χ3n) is 7.27. The smallest absolute Gasteiger partial charge is 0.293 e. The minimum Gasteiger partial charge on any atom is -0.491 e. The van der Waals surface area contributed by atoms with Crippen LogP contribution in [0.3, 0.4) is 0 Å². The topological polar surface area (TPSA) is 84.6 Å². The molecule has 0 saturated carbocycles. The molecule has 5 aromatic rings. The molecule has 0 atom stereocenters. The van der Waals surface area contributed by atoms with Crippen LogP contribution in [0.5, 0.6) is 17.2 Å². The number of aryl methyl sites for hydroxylation is 1. The van der Waals surface area contributed by atoms with Gasteiger partial charge in [-0.15, -0.1) is 0 Å². The molecule has 1 fully saturated rings. The number of carbonyl (C=O) groups is 2. The van der Waals surface area contributed by atoms with Crippen LogP contribution in [0, 0.1) is 25.2 Å². The molecule has 0 N–H and O–H groups in total. The Hall–Kier alpha value is -5.26. The lowest BCUT2D eigenvalue weighted by Gasteiger charge is -2.14. The van der Waals surface area contributed by atoms with Gasteiger partial charge in [0.25, 0.3) is 11.1 Å². The summed E-state index contributed by atoms with van der Waals surface area (Å²) in [6.45, 7) is 4.37. The number of imide groups is 1. The van der Waals surface area contributed by atoms with Crippen LogP contribution in [0.15, 0.2) is 102 Å². The minimum atomic E-state index is -0.314. The zero-order valence-electron chi connectivity index (χ0n) is 23.6. The van der Waals surface area contributed by atoms with E-state index in [4.69, 9.17) is 14.7 Å². The molecule has 0 spiro atoms. The molecule has 43 heavy (non-hydrogen) atoms. The normalized spacial score (nSPS) is 14.0. The Bertz CT molecular complexity index is 1910. The van der Waals surface area contributed by atoms with E-state index < -0.39 is 0 Å². The quantitative estimate of drug-likeness (QED) is 0.171. The summed E-state index contributed by atoms with van der Waals surface area (Å²) in [7, 11) is 0. The molecule has 8 heteroatoms. The van der Waals surface area contributed by atoms with Crippen molar-refractivity contribution in [2.45, 2.75) is 13.8 Å². The molecule has 2 heterocycles. The van der Waals surface area contributed by atoms with Gasteiger partial charge in [0.15, 0.2) is 0 Å². The first-order valence-corrected chi connectivity index (χ1v) is 14.6. The van der Waals surface area contributed by atoms with Crippen LogP contribution >= 0.6 is 11.8 Å². The monoisotopic (exact) mass is 585 g/mol. The Kier molecular flexibility index (Phi) is 7.73. The molecule has 7 nitrogen and oxygen atoms in total. The Balaban J connectivity index is 1.14. The van der Waals surface area contributed by atoms with E-state index >= 15 is 0 Å². The molecular formula is C35H27N3O4S. The second-order valence-electron chi connectivity index (χ2n) is 10.1. The second-order valence-corrected chi connectivity index (χ2v) is 11.0. The van der Waals surface area contributed by atoms with Crippen molar-refractivity contribution >= 4 is 39.8 Å². The average Bonchev–Trinajstić information content (AvgIpc) is 3.46. The maximum atomic E-state index is 13.2. The van der Waals surface area contributed by atoms with Gasteiger partial charge in [0.2, 0.25) is 0 Å². The third-order valence-corrected chi connectivity index (χ3v) is 8.17. The van der Waals surface area contributed by atoms with E-state index in [-0.39, 0.29) is 24.3 Å². The van der Waals surface area contributed by atoms with Gasteiger partial charge in [0.05, 0.1) is 23.1 Å². The van der Waals surface area contributed by atoms with Crippen molar-refractivity contribution in [1.29, 1.82) is 5.26 Å². The lowest BCUT2D eigenvalue weighted by atomic mass is 10.1. The summed E-state index contributed by atoms with van der Waals surface area (Å²) >= 11 is 0.950. The fraction of sp³-hybridized carbons (Fsp3) is 0.114. The molecule has 0 bridgehead atoms.